The molecule has 118 valence electrons. The van der Waals surface area contributed by atoms with Crippen molar-refractivity contribution in [3.05, 3.63) is 22.4 Å². The lowest BCUT2D eigenvalue weighted by molar-refractivity contribution is -0.130. The van der Waals surface area contributed by atoms with Gasteiger partial charge in [-0.25, -0.2) is 0 Å². The fourth-order valence-electron chi connectivity index (χ4n) is 2.75. The first-order valence-corrected chi connectivity index (χ1v) is 8.63. The first-order chi connectivity index (χ1) is 10.0. The van der Waals surface area contributed by atoms with E-state index in [0.717, 1.165) is 25.9 Å². The minimum Gasteiger partial charge on any atom is -0.321 e. The third-order valence-corrected chi connectivity index (χ3v) is 4.86. The third kappa shape index (κ3) is 4.05. The SMILES string of the molecule is CC(C)C1NC(c2cccs2)N(CCCCN(C)C)C1=O. The number of carbonyl (C=O) groups excluding carboxylic acids is 1. The molecule has 0 aliphatic carbocycles. The van der Waals surface area contributed by atoms with Crippen LogP contribution in [0.3, 0.4) is 0 Å². The van der Waals surface area contributed by atoms with Gasteiger partial charge >= 0.3 is 0 Å². The highest BCUT2D eigenvalue weighted by Crippen LogP contribution is 2.30. The standard InChI is InChI=1S/C16H27N3OS/c1-12(2)14-16(20)19(10-6-5-9-18(3)4)15(17-14)13-8-7-11-21-13/h7-8,11-12,14-15,17H,5-6,9-10H2,1-4H3. The second-order valence-corrected chi connectivity index (χ2v) is 7.33. The summed E-state index contributed by atoms with van der Waals surface area (Å²) in [6.07, 6.45) is 2.24. The van der Waals surface area contributed by atoms with Crippen LogP contribution in [-0.4, -0.2) is 48.9 Å². The molecule has 5 heteroatoms. The van der Waals surface area contributed by atoms with Crippen LogP contribution >= 0.6 is 11.3 Å². The zero-order valence-corrected chi connectivity index (χ0v) is 14.3. The van der Waals surface area contributed by atoms with Crippen molar-refractivity contribution in [1.29, 1.82) is 0 Å². The molecule has 0 bridgehead atoms. The number of unbranched alkanes of at least 4 members (excludes halogenated alkanes) is 1. The number of nitrogens with zero attached hydrogens (tertiary/aromatic N) is 2. The van der Waals surface area contributed by atoms with Gasteiger partial charge in [0.05, 0.1) is 6.04 Å². The predicted molar refractivity (Wildman–Crippen MR) is 88.3 cm³/mol. The molecule has 1 aliphatic rings. The average Bonchev–Trinajstić information content (AvgIpc) is 3.02. The Morgan fingerprint density at radius 2 is 2.14 bits per heavy atom. The lowest BCUT2D eigenvalue weighted by Gasteiger charge is -2.23. The summed E-state index contributed by atoms with van der Waals surface area (Å²) < 4.78 is 0. The highest BCUT2D eigenvalue weighted by atomic mass is 32.1. The fraction of sp³-hybridized carbons (Fsp3) is 0.688. The van der Waals surface area contributed by atoms with Crippen LogP contribution in [0.5, 0.6) is 0 Å². The van der Waals surface area contributed by atoms with E-state index in [1.807, 2.05) is 4.90 Å². The maximum absolute atomic E-state index is 12.6. The minimum absolute atomic E-state index is 0.0500. The van der Waals surface area contributed by atoms with E-state index in [4.69, 9.17) is 0 Å². The van der Waals surface area contributed by atoms with Gasteiger partial charge < -0.3 is 9.80 Å². The molecule has 1 saturated heterocycles. The lowest BCUT2D eigenvalue weighted by atomic mass is 10.1. The van der Waals surface area contributed by atoms with Gasteiger partial charge in [0, 0.05) is 11.4 Å². The molecule has 4 nitrogen and oxygen atoms in total. The van der Waals surface area contributed by atoms with Gasteiger partial charge in [0.1, 0.15) is 6.17 Å². The monoisotopic (exact) mass is 309 g/mol. The molecule has 2 unspecified atom stereocenters. The average molecular weight is 309 g/mol. The fourth-order valence-corrected chi connectivity index (χ4v) is 3.54. The molecule has 0 spiro atoms. The third-order valence-electron chi connectivity index (χ3n) is 3.93. The summed E-state index contributed by atoms with van der Waals surface area (Å²) in [5, 5.41) is 5.60. The summed E-state index contributed by atoms with van der Waals surface area (Å²) in [5.41, 5.74) is 0. The highest BCUT2D eigenvalue weighted by Gasteiger charge is 2.40. The number of amides is 1. The number of rotatable bonds is 7. The molecule has 1 fully saturated rings. The molecule has 2 rings (SSSR count). The Morgan fingerprint density at radius 1 is 1.38 bits per heavy atom. The summed E-state index contributed by atoms with van der Waals surface area (Å²) in [5.74, 6) is 0.583. The maximum Gasteiger partial charge on any atom is 0.241 e. The van der Waals surface area contributed by atoms with Crippen LogP contribution in [0.25, 0.3) is 0 Å². The topological polar surface area (TPSA) is 35.6 Å². The Bertz CT molecular complexity index is 444. The van der Waals surface area contributed by atoms with E-state index in [-0.39, 0.29) is 18.1 Å². The number of hydrogen-bond acceptors (Lipinski definition) is 4. The zero-order valence-electron chi connectivity index (χ0n) is 13.5. The Hall–Kier alpha value is -0.910. The molecule has 0 saturated carbocycles. The first-order valence-electron chi connectivity index (χ1n) is 7.75. The molecule has 1 aliphatic heterocycles. The second kappa shape index (κ2) is 7.38. The predicted octanol–water partition coefficient (Wildman–Crippen LogP) is 2.54. The Kier molecular flexibility index (Phi) is 5.79. The largest absolute Gasteiger partial charge is 0.321 e. The van der Waals surface area contributed by atoms with Gasteiger partial charge in [0.15, 0.2) is 0 Å². The van der Waals surface area contributed by atoms with Gasteiger partial charge in [-0.1, -0.05) is 19.9 Å². The highest BCUT2D eigenvalue weighted by molar-refractivity contribution is 7.10. The molecule has 1 N–H and O–H groups in total. The molecule has 1 amide bonds. The normalized spacial score (nSPS) is 22.8. The Labute approximate surface area is 132 Å². The summed E-state index contributed by atoms with van der Waals surface area (Å²) >= 11 is 1.72. The van der Waals surface area contributed by atoms with Gasteiger partial charge in [0.2, 0.25) is 5.91 Å². The van der Waals surface area contributed by atoms with Crippen LogP contribution < -0.4 is 5.32 Å². The van der Waals surface area contributed by atoms with Crippen molar-refractivity contribution in [2.75, 3.05) is 27.2 Å². The molecule has 2 atom stereocenters. The Balaban J connectivity index is 2.01. The quantitative estimate of drug-likeness (QED) is 0.786. The van der Waals surface area contributed by atoms with Crippen LogP contribution in [0.1, 0.15) is 37.7 Å². The first kappa shape index (κ1) is 16.5. The molecular formula is C16H27N3OS. The van der Waals surface area contributed by atoms with E-state index in [1.54, 1.807) is 11.3 Å². The van der Waals surface area contributed by atoms with E-state index < -0.39 is 0 Å². The smallest absolute Gasteiger partial charge is 0.241 e. The number of hydrogen-bond donors (Lipinski definition) is 1. The maximum atomic E-state index is 12.6. The Morgan fingerprint density at radius 3 is 2.71 bits per heavy atom. The molecule has 0 aromatic carbocycles. The van der Waals surface area contributed by atoms with Crippen LogP contribution in [0.4, 0.5) is 0 Å². The van der Waals surface area contributed by atoms with Crippen LogP contribution in [0.15, 0.2) is 17.5 Å². The number of carbonyl (C=O) groups is 1. The second-order valence-electron chi connectivity index (χ2n) is 6.35. The van der Waals surface area contributed by atoms with Crippen LogP contribution in [0.2, 0.25) is 0 Å². The number of thiophene rings is 1. The molecular weight excluding hydrogens is 282 g/mol. The molecule has 0 radical (unpaired) electrons. The van der Waals surface area contributed by atoms with E-state index in [0.29, 0.717) is 5.92 Å². The van der Waals surface area contributed by atoms with Gasteiger partial charge in [-0.3, -0.25) is 10.1 Å². The van der Waals surface area contributed by atoms with Crippen molar-refractivity contribution >= 4 is 17.2 Å². The summed E-state index contributed by atoms with van der Waals surface area (Å²) in [6.45, 7) is 6.13. The van der Waals surface area contributed by atoms with Crippen LogP contribution in [-0.2, 0) is 4.79 Å². The molecule has 1 aromatic rings. The summed E-state index contributed by atoms with van der Waals surface area (Å²) in [6, 6.07) is 4.12. The van der Waals surface area contributed by atoms with E-state index in [1.165, 1.54) is 4.88 Å². The lowest BCUT2D eigenvalue weighted by Crippen LogP contribution is -2.35. The van der Waals surface area contributed by atoms with E-state index in [2.05, 4.69) is 55.7 Å². The number of nitrogens with one attached hydrogen (secondary N) is 1. The van der Waals surface area contributed by atoms with Crippen molar-refractivity contribution in [1.82, 2.24) is 15.1 Å². The summed E-state index contributed by atoms with van der Waals surface area (Å²) in [7, 11) is 4.18. The molecule has 21 heavy (non-hydrogen) atoms. The van der Waals surface area contributed by atoms with Crippen molar-refractivity contribution < 1.29 is 4.79 Å². The van der Waals surface area contributed by atoms with Crippen molar-refractivity contribution in [3.8, 4) is 0 Å². The van der Waals surface area contributed by atoms with Crippen LogP contribution in [0, 0.1) is 5.92 Å². The van der Waals surface area contributed by atoms with Crippen molar-refractivity contribution in [3.63, 3.8) is 0 Å². The van der Waals surface area contributed by atoms with Crippen molar-refractivity contribution in [2.24, 2.45) is 5.92 Å². The van der Waals surface area contributed by atoms with Gasteiger partial charge in [-0.2, -0.15) is 0 Å². The van der Waals surface area contributed by atoms with Gasteiger partial charge in [-0.15, -0.1) is 11.3 Å². The summed E-state index contributed by atoms with van der Waals surface area (Å²) in [4.78, 5) is 18.1. The molecule has 2 heterocycles. The minimum atomic E-state index is -0.0500. The molecule has 1 aromatic heterocycles. The van der Waals surface area contributed by atoms with Crippen molar-refractivity contribution in [2.45, 2.75) is 38.9 Å². The van der Waals surface area contributed by atoms with E-state index in [9.17, 15) is 4.79 Å². The van der Waals surface area contributed by atoms with Gasteiger partial charge in [-0.05, 0) is 50.8 Å². The van der Waals surface area contributed by atoms with Gasteiger partial charge in [0.25, 0.3) is 0 Å². The van der Waals surface area contributed by atoms with E-state index >= 15 is 0 Å². The zero-order chi connectivity index (χ0) is 15.4.